The van der Waals surface area contributed by atoms with Crippen LogP contribution < -0.4 is 0 Å². The predicted octanol–water partition coefficient (Wildman–Crippen LogP) is 2.40. The van der Waals surface area contributed by atoms with Crippen molar-refractivity contribution in [1.82, 2.24) is 0 Å². The summed E-state index contributed by atoms with van der Waals surface area (Å²) in [6.07, 6.45) is 2.60. The Morgan fingerprint density at radius 2 is 2.29 bits per heavy atom. The summed E-state index contributed by atoms with van der Waals surface area (Å²) in [5.74, 6) is 0. The van der Waals surface area contributed by atoms with Crippen molar-refractivity contribution in [2.75, 3.05) is 0 Å². The SMILES string of the molecule is CCCC[C@H](F)S. The monoisotopic (exact) mass is 122 g/mol. The summed E-state index contributed by atoms with van der Waals surface area (Å²) < 4.78 is 11.8. The van der Waals surface area contributed by atoms with Crippen LogP contribution in [0.2, 0.25) is 0 Å². The van der Waals surface area contributed by atoms with E-state index in [0.29, 0.717) is 6.42 Å². The van der Waals surface area contributed by atoms with Gasteiger partial charge in [-0.05, 0) is 12.8 Å². The molecule has 0 saturated heterocycles. The maximum absolute atomic E-state index is 11.8. The average Bonchev–Trinajstić information content (AvgIpc) is 1.61. The second-order valence-electron chi connectivity index (χ2n) is 1.58. The fourth-order valence-corrected chi connectivity index (χ4v) is 0.555. The topological polar surface area (TPSA) is 0 Å². The molecule has 2 heteroatoms. The maximum atomic E-state index is 11.8. The van der Waals surface area contributed by atoms with E-state index in [4.69, 9.17) is 0 Å². The van der Waals surface area contributed by atoms with Gasteiger partial charge in [0.25, 0.3) is 0 Å². The van der Waals surface area contributed by atoms with Gasteiger partial charge in [-0.1, -0.05) is 13.3 Å². The van der Waals surface area contributed by atoms with Crippen LogP contribution in [0, 0.1) is 0 Å². The van der Waals surface area contributed by atoms with Gasteiger partial charge >= 0.3 is 0 Å². The summed E-state index contributed by atoms with van der Waals surface area (Å²) in [5.41, 5.74) is -0.903. The number of thiol groups is 1. The van der Waals surface area contributed by atoms with E-state index >= 15 is 0 Å². The standard InChI is InChI=1S/C5H11FS/c1-2-3-4-5(6)7/h5,7H,2-4H2,1H3/t5-/m1/s1. The van der Waals surface area contributed by atoms with Gasteiger partial charge < -0.3 is 0 Å². The van der Waals surface area contributed by atoms with Crippen molar-refractivity contribution in [2.24, 2.45) is 0 Å². The quantitative estimate of drug-likeness (QED) is 0.546. The van der Waals surface area contributed by atoms with E-state index in [1.54, 1.807) is 0 Å². The lowest BCUT2D eigenvalue weighted by Crippen LogP contribution is -1.85. The lowest BCUT2D eigenvalue weighted by Gasteiger charge is -1.94. The maximum Gasteiger partial charge on any atom is 0.143 e. The van der Waals surface area contributed by atoms with Crippen LogP contribution in [-0.4, -0.2) is 5.50 Å². The van der Waals surface area contributed by atoms with Gasteiger partial charge in [-0.2, -0.15) is 0 Å². The highest BCUT2D eigenvalue weighted by molar-refractivity contribution is 7.80. The first-order valence-electron chi connectivity index (χ1n) is 2.59. The Morgan fingerprint density at radius 1 is 1.71 bits per heavy atom. The largest absolute Gasteiger partial charge is 0.236 e. The van der Waals surface area contributed by atoms with Crippen molar-refractivity contribution >= 4 is 12.6 Å². The fourth-order valence-electron chi connectivity index (χ4n) is 0.373. The van der Waals surface area contributed by atoms with E-state index in [2.05, 4.69) is 12.6 Å². The molecule has 7 heavy (non-hydrogen) atoms. The van der Waals surface area contributed by atoms with Gasteiger partial charge in [0.1, 0.15) is 5.50 Å². The van der Waals surface area contributed by atoms with Crippen LogP contribution in [0.3, 0.4) is 0 Å². The van der Waals surface area contributed by atoms with E-state index in [1.807, 2.05) is 6.92 Å². The Hall–Kier alpha value is 0.280. The molecule has 0 aromatic carbocycles. The first kappa shape index (κ1) is 7.28. The number of hydrogen-bond acceptors (Lipinski definition) is 1. The predicted molar refractivity (Wildman–Crippen MR) is 33.4 cm³/mol. The molecule has 0 amide bonds. The van der Waals surface area contributed by atoms with E-state index in [0.717, 1.165) is 12.8 Å². The highest BCUT2D eigenvalue weighted by Crippen LogP contribution is 2.06. The molecule has 44 valence electrons. The van der Waals surface area contributed by atoms with Crippen LogP contribution in [0.1, 0.15) is 26.2 Å². The highest BCUT2D eigenvalue weighted by Gasteiger charge is 1.94. The minimum absolute atomic E-state index is 0.597. The molecule has 0 bridgehead atoms. The van der Waals surface area contributed by atoms with Gasteiger partial charge in [0.2, 0.25) is 0 Å². The van der Waals surface area contributed by atoms with Crippen LogP contribution in [0.4, 0.5) is 4.39 Å². The number of unbranched alkanes of at least 4 members (excludes halogenated alkanes) is 1. The Labute approximate surface area is 49.5 Å². The second kappa shape index (κ2) is 4.44. The van der Waals surface area contributed by atoms with Crippen molar-refractivity contribution in [1.29, 1.82) is 0 Å². The van der Waals surface area contributed by atoms with Crippen molar-refractivity contribution in [3.8, 4) is 0 Å². The third-order valence-corrected chi connectivity index (χ3v) is 1.05. The first-order chi connectivity index (χ1) is 3.27. The lowest BCUT2D eigenvalue weighted by molar-refractivity contribution is 0.421. The molecular formula is C5H11FS. The van der Waals surface area contributed by atoms with Gasteiger partial charge in [0.05, 0.1) is 0 Å². The molecule has 0 aliphatic rings. The Kier molecular flexibility index (Phi) is 4.62. The number of alkyl halides is 1. The molecule has 0 fully saturated rings. The molecule has 0 rings (SSSR count). The van der Waals surface area contributed by atoms with Crippen LogP contribution in [-0.2, 0) is 0 Å². The molecular weight excluding hydrogens is 111 g/mol. The molecule has 0 saturated carbocycles. The minimum Gasteiger partial charge on any atom is -0.236 e. The number of hydrogen-bond donors (Lipinski definition) is 1. The van der Waals surface area contributed by atoms with E-state index < -0.39 is 5.50 Å². The fraction of sp³-hybridized carbons (Fsp3) is 1.00. The first-order valence-corrected chi connectivity index (χ1v) is 3.11. The molecule has 0 aliphatic heterocycles. The molecule has 0 aromatic rings. The Bertz CT molecular complexity index is 37.1. The highest BCUT2D eigenvalue weighted by atomic mass is 32.1. The normalized spacial score (nSPS) is 14.1. The minimum atomic E-state index is -0.903. The van der Waals surface area contributed by atoms with Gasteiger partial charge in [-0.3, -0.25) is 0 Å². The van der Waals surface area contributed by atoms with E-state index in [9.17, 15) is 4.39 Å². The van der Waals surface area contributed by atoms with E-state index in [-0.39, 0.29) is 0 Å². The zero-order valence-corrected chi connectivity index (χ0v) is 5.42. The summed E-state index contributed by atoms with van der Waals surface area (Å²) in [7, 11) is 0. The molecule has 0 N–H and O–H groups in total. The van der Waals surface area contributed by atoms with Gasteiger partial charge in [0, 0.05) is 0 Å². The summed E-state index contributed by atoms with van der Waals surface area (Å²) in [5, 5.41) is 0. The lowest BCUT2D eigenvalue weighted by atomic mass is 10.3. The molecule has 0 unspecified atom stereocenters. The van der Waals surface area contributed by atoms with Gasteiger partial charge in [0.15, 0.2) is 0 Å². The van der Waals surface area contributed by atoms with Crippen molar-refractivity contribution in [3.63, 3.8) is 0 Å². The van der Waals surface area contributed by atoms with Gasteiger partial charge in [-0.25, -0.2) is 4.39 Å². The molecule has 0 radical (unpaired) electrons. The Morgan fingerprint density at radius 3 is 2.43 bits per heavy atom. The summed E-state index contributed by atoms with van der Waals surface area (Å²) >= 11 is 3.57. The Balaban J connectivity index is 2.68. The van der Waals surface area contributed by atoms with Crippen LogP contribution in [0.25, 0.3) is 0 Å². The average molecular weight is 122 g/mol. The number of halogens is 1. The third kappa shape index (κ3) is 6.28. The molecule has 0 heterocycles. The molecule has 1 atom stereocenters. The molecule has 0 aliphatic carbocycles. The second-order valence-corrected chi connectivity index (χ2v) is 2.14. The third-order valence-electron chi connectivity index (χ3n) is 0.796. The smallest absolute Gasteiger partial charge is 0.143 e. The zero-order chi connectivity index (χ0) is 5.70. The number of rotatable bonds is 3. The van der Waals surface area contributed by atoms with Crippen LogP contribution in [0.5, 0.6) is 0 Å². The van der Waals surface area contributed by atoms with Gasteiger partial charge in [-0.15, -0.1) is 12.6 Å². The molecule has 0 spiro atoms. The van der Waals surface area contributed by atoms with E-state index in [1.165, 1.54) is 0 Å². The summed E-state index contributed by atoms with van der Waals surface area (Å²) in [4.78, 5) is 0. The summed E-state index contributed by atoms with van der Waals surface area (Å²) in [6, 6.07) is 0. The van der Waals surface area contributed by atoms with Crippen molar-refractivity contribution in [2.45, 2.75) is 31.7 Å². The summed E-state index contributed by atoms with van der Waals surface area (Å²) in [6.45, 7) is 2.04. The van der Waals surface area contributed by atoms with Crippen LogP contribution >= 0.6 is 12.6 Å². The molecule has 0 nitrogen and oxygen atoms in total. The van der Waals surface area contributed by atoms with Crippen LogP contribution in [0.15, 0.2) is 0 Å². The molecule has 0 aromatic heterocycles. The zero-order valence-electron chi connectivity index (χ0n) is 4.52. The van der Waals surface area contributed by atoms with Crippen molar-refractivity contribution in [3.05, 3.63) is 0 Å². The van der Waals surface area contributed by atoms with Crippen molar-refractivity contribution < 1.29 is 4.39 Å².